The number of hydrogen-bond donors (Lipinski definition) is 1. The van der Waals surface area contributed by atoms with Crippen molar-refractivity contribution >= 4 is 29.3 Å². The van der Waals surface area contributed by atoms with E-state index in [0.717, 1.165) is 16.7 Å². The zero-order valence-corrected chi connectivity index (χ0v) is 11.8. The molecule has 1 aromatic rings. The molecule has 94 valence electrons. The highest BCUT2D eigenvalue weighted by Gasteiger charge is 2.18. The van der Waals surface area contributed by atoms with E-state index in [9.17, 15) is 4.79 Å². The van der Waals surface area contributed by atoms with Crippen LogP contribution in [0.4, 0.5) is 4.79 Å². The van der Waals surface area contributed by atoms with Gasteiger partial charge in [-0.15, -0.1) is 0 Å². The van der Waals surface area contributed by atoms with Crippen molar-refractivity contribution in [3.05, 3.63) is 26.7 Å². The second-order valence-corrected chi connectivity index (χ2v) is 4.51. The summed E-state index contributed by atoms with van der Waals surface area (Å²) in [4.78, 5) is 11.4. The van der Waals surface area contributed by atoms with Gasteiger partial charge in [-0.05, 0) is 44.4 Å². The molecule has 0 heterocycles. The standard InChI is InChI=1S/C12H15Cl2NO2/c1-5-15-12(16)17-11-7(3)6(2)9(13)8(4)10(11)14/h5H2,1-4H3,(H,15,16). The summed E-state index contributed by atoms with van der Waals surface area (Å²) in [6, 6.07) is 0. The third-order valence-electron chi connectivity index (χ3n) is 2.61. The average molecular weight is 276 g/mol. The molecule has 0 saturated heterocycles. The lowest BCUT2D eigenvalue weighted by Crippen LogP contribution is -2.26. The number of hydrogen-bond acceptors (Lipinski definition) is 2. The van der Waals surface area contributed by atoms with E-state index >= 15 is 0 Å². The summed E-state index contributed by atoms with van der Waals surface area (Å²) in [6.45, 7) is 7.80. The molecule has 0 aliphatic carbocycles. The summed E-state index contributed by atoms with van der Waals surface area (Å²) in [5.41, 5.74) is 2.36. The molecule has 0 fully saturated rings. The van der Waals surface area contributed by atoms with E-state index in [2.05, 4.69) is 5.32 Å². The van der Waals surface area contributed by atoms with Crippen LogP contribution in [0.15, 0.2) is 0 Å². The molecule has 0 aromatic heterocycles. The van der Waals surface area contributed by atoms with Crippen molar-refractivity contribution < 1.29 is 9.53 Å². The fraction of sp³-hybridized carbons (Fsp3) is 0.417. The van der Waals surface area contributed by atoms with E-state index in [1.165, 1.54) is 0 Å². The first kappa shape index (κ1) is 14.1. The molecule has 0 aliphatic heterocycles. The van der Waals surface area contributed by atoms with Gasteiger partial charge in [0, 0.05) is 11.6 Å². The van der Waals surface area contributed by atoms with Gasteiger partial charge >= 0.3 is 6.09 Å². The maximum atomic E-state index is 11.4. The first-order valence-electron chi connectivity index (χ1n) is 5.30. The van der Waals surface area contributed by atoms with Gasteiger partial charge in [0.15, 0.2) is 5.75 Å². The minimum Gasteiger partial charge on any atom is -0.408 e. The molecule has 0 bridgehead atoms. The monoisotopic (exact) mass is 275 g/mol. The van der Waals surface area contributed by atoms with Crippen molar-refractivity contribution in [3.63, 3.8) is 0 Å². The Bertz CT molecular complexity index is 429. The molecule has 1 rings (SSSR count). The van der Waals surface area contributed by atoms with Gasteiger partial charge in [0.1, 0.15) is 0 Å². The third kappa shape index (κ3) is 2.85. The number of ether oxygens (including phenoxy) is 1. The minimum absolute atomic E-state index is 0.372. The Balaban J connectivity index is 3.20. The van der Waals surface area contributed by atoms with Gasteiger partial charge in [0.2, 0.25) is 0 Å². The van der Waals surface area contributed by atoms with E-state index in [1.54, 1.807) is 6.92 Å². The Kier molecular flexibility index (Phi) is 4.66. The Morgan fingerprint density at radius 1 is 1.12 bits per heavy atom. The number of carbonyl (C=O) groups is 1. The highest BCUT2D eigenvalue weighted by Crippen LogP contribution is 2.39. The SMILES string of the molecule is CCNC(=O)Oc1c(C)c(C)c(Cl)c(C)c1Cl. The molecule has 0 atom stereocenters. The molecular formula is C12H15Cl2NO2. The predicted octanol–water partition coefficient (Wildman–Crippen LogP) is 4.03. The van der Waals surface area contributed by atoms with E-state index in [1.807, 2.05) is 20.8 Å². The predicted molar refractivity (Wildman–Crippen MR) is 70.4 cm³/mol. The number of nitrogens with one attached hydrogen (secondary N) is 1. The molecule has 0 spiro atoms. The molecule has 3 nitrogen and oxygen atoms in total. The lowest BCUT2D eigenvalue weighted by atomic mass is 10.1. The Hall–Kier alpha value is -0.930. The normalized spacial score (nSPS) is 10.2. The van der Waals surface area contributed by atoms with Crippen molar-refractivity contribution in [3.8, 4) is 5.75 Å². The number of rotatable bonds is 2. The molecule has 1 aromatic carbocycles. The Labute approximate surface area is 111 Å². The van der Waals surface area contributed by atoms with Gasteiger partial charge in [0.25, 0.3) is 0 Å². The summed E-state index contributed by atoms with van der Waals surface area (Å²) in [5.74, 6) is 0.372. The van der Waals surface area contributed by atoms with E-state index in [4.69, 9.17) is 27.9 Å². The Morgan fingerprint density at radius 3 is 2.24 bits per heavy atom. The van der Waals surface area contributed by atoms with Crippen LogP contribution >= 0.6 is 23.2 Å². The maximum Gasteiger partial charge on any atom is 0.412 e. The average Bonchev–Trinajstić information content (AvgIpc) is 2.30. The van der Waals surface area contributed by atoms with Gasteiger partial charge in [-0.1, -0.05) is 23.2 Å². The highest BCUT2D eigenvalue weighted by atomic mass is 35.5. The Morgan fingerprint density at radius 2 is 1.71 bits per heavy atom. The number of halogens is 2. The fourth-order valence-electron chi connectivity index (χ4n) is 1.44. The number of amides is 1. The molecule has 1 N–H and O–H groups in total. The number of carbonyl (C=O) groups excluding carboxylic acids is 1. The van der Waals surface area contributed by atoms with Crippen LogP contribution in [0, 0.1) is 20.8 Å². The van der Waals surface area contributed by atoms with Crippen LogP contribution in [0.3, 0.4) is 0 Å². The minimum atomic E-state index is -0.515. The first-order valence-corrected chi connectivity index (χ1v) is 6.06. The van der Waals surface area contributed by atoms with E-state index in [-0.39, 0.29) is 0 Å². The molecular weight excluding hydrogens is 261 g/mol. The van der Waals surface area contributed by atoms with E-state index < -0.39 is 6.09 Å². The largest absolute Gasteiger partial charge is 0.412 e. The maximum absolute atomic E-state index is 11.4. The van der Waals surface area contributed by atoms with Crippen LogP contribution < -0.4 is 10.1 Å². The van der Waals surface area contributed by atoms with Gasteiger partial charge in [-0.25, -0.2) is 4.79 Å². The molecule has 0 radical (unpaired) electrons. The van der Waals surface area contributed by atoms with Gasteiger partial charge in [-0.2, -0.15) is 0 Å². The van der Waals surface area contributed by atoms with Crippen molar-refractivity contribution in [2.24, 2.45) is 0 Å². The third-order valence-corrected chi connectivity index (χ3v) is 3.63. The van der Waals surface area contributed by atoms with Crippen LogP contribution in [-0.2, 0) is 0 Å². The second-order valence-electron chi connectivity index (χ2n) is 3.75. The van der Waals surface area contributed by atoms with Crippen molar-refractivity contribution in [1.82, 2.24) is 5.32 Å². The summed E-state index contributed by atoms with van der Waals surface area (Å²) in [7, 11) is 0. The second kappa shape index (κ2) is 5.61. The number of benzene rings is 1. The molecule has 0 unspecified atom stereocenters. The van der Waals surface area contributed by atoms with Crippen LogP contribution in [0.25, 0.3) is 0 Å². The highest BCUT2D eigenvalue weighted by molar-refractivity contribution is 6.37. The van der Waals surface area contributed by atoms with Crippen molar-refractivity contribution in [2.45, 2.75) is 27.7 Å². The molecule has 0 aliphatic rings. The fourth-order valence-corrected chi connectivity index (χ4v) is 2.00. The topological polar surface area (TPSA) is 38.3 Å². The molecule has 1 amide bonds. The lowest BCUT2D eigenvalue weighted by molar-refractivity contribution is 0.201. The van der Waals surface area contributed by atoms with Crippen LogP contribution in [0.2, 0.25) is 10.0 Å². The van der Waals surface area contributed by atoms with Gasteiger partial charge in [0.05, 0.1) is 5.02 Å². The summed E-state index contributed by atoms with van der Waals surface area (Å²) < 4.78 is 5.19. The van der Waals surface area contributed by atoms with Crippen LogP contribution in [0.5, 0.6) is 5.75 Å². The lowest BCUT2D eigenvalue weighted by Gasteiger charge is -2.15. The van der Waals surface area contributed by atoms with Gasteiger partial charge in [-0.3, -0.25) is 0 Å². The van der Waals surface area contributed by atoms with Crippen LogP contribution in [0.1, 0.15) is 23.6 Å². The van der Waals surface area contributed by atoms with Gasteiger partial charge < -0.3 is 10.1 Å². The zero-order chi connectivity index (χ0) is 13.2. The molecule has 5 heteroatoms. The van der Waals surface area contributed by atoms with Crippen LogP contribution in [-0.4, -0.2) is 12.6 Å². The molecule has 17 heavy (non-hydrogen) atoms. The summed E-state index contributed by atoms with van der Waals surface area (Å²) in [6.07, 6.45) is -0.515. The van der Waals surface area contributed by atoms with E-state index in [0.29, 0.717) is 22.3 Å². The summed E-state index contributed by atoms with van der Waals surface area (Å²) >= 11 is 12.2. The zero-order valence-electron chi connectivity index (χ0n) is 10.3. The summed E-state index contributed by atoms with van der Waals surface area (Å²) in [5, 5.41) is 3.54. The molecule has 0 saturated carbocycles. The van der Waals surface area contributed by atoms with Crippen molar-refractivity contribution in [2.75, 3.05) is 6.54 Å². The quantitative estimate of drug-likeness (QED) is 0.885. The first-order chi connectivity index (χ1) is 7.90. The van der Waals surface area contributed by atoms with Crippen molar-refractivity contribution in [1.29, 1.82) is 0 Å². The smallest absolute Gasteiger partial charge is 0.408 e.